The number of rotatable bonds is 4. The van der Waals surface area contributed by atoms with Crippen LogP contribution in [0.1, 0.15) is 35.2 Å². The highest BCUT2D eigenvalue weighted by Crippen LogP contribution is 2.08. The Morgan fingerprint density at radius 3 is 2.65 bits per heavy atom. The number of carbonyl (C=O) groups excluding carboxylic acids is 2. The SMILES string of the molecule is COC(=O)c1ccc(CNC(=O)[C@H]2CCCCN2)cc1. The van der Waals surface area contributed by atoms with E-state index in [0.717, 1.165) is 31.4 Å². The van der Waals surface area contributed by atoms with Gasteiger partial charge in [-0.15, -0.1) is 0 Å². The van der Waals surface area contributed by atoms with Gasteiger partial charge in [0.15, 0.2) is 0 Å². The van der Waals surface area contributed by atoms with Crippen LogP contribution < -0.4 is 10.6 Å². The molecular formula is C15H20N2O3. The van der Waals surface area contributed by atoms with Crippen LogP contribution in [0.25, 0.3) is 0 Å². The number of hydrogen-bond donors (Lipinski definition) is 2. The first-order valence-corrected chi connectivity index (χ1v) is 6.89. The average Bonchev–Trinajstić information content (AvgIpc) is 2.53. The van der Waals surface area contributed by atoms with E-state index < -0.39 is 0 Å². The molecule has 0 aliphatic carbocycles. The maximum atomic E-state index is 11.9. The number of piperidine rings is 1. The number of esters is 1. The van der Waals surface area contributed by atoms with Crippen LogP contribution in [-0.4, -0.2) is 31.6 Å². The zero-order valence-electron chi connectivity index (χ0n) is 11.6. The number of carbonyl (C=O) groups is 2. The third kappa shape index (κ3) is 3.81. The van der Waals surface area contributed by atoms with Gasteiger partial charge in [0, 0.05) is 6.54 Å². The van der Waals surface area contributed by atoms with Gasteiger partial charge in [-0.3, -0.25) is 4.79 Å². The summed E-state index contributed by atoms with van der Waals surface area (Å²) in [5, 5.41) is 6.13. The van der Waals surface area contributed by atoms with Gasteiger partial charge in [-0.1, -0.05) is 18.6 Å². The first kappa shape index (κ1) is 14.5. The summed E-state index contributed by atoms with van der Waals surface area (Å²) in [4.78, 5) is 23.2. The number of nitrogens with one attached hydrogen (secondary N) is 2. The predicted octanol–water partition coefficient (Wildman–Crippen LogP) is 1.23. The molecule has 108 valence electrons. The van der Waals surface area contributed by atoms with Gasteiger partial charge < -0.3 is 15.4 Å². The van der Waals surface area contributed by atoms with Crippen molar-refractivity contribution in [2.45, 2.75) is 31.8 Å². The molecule has 1 saturated heterocycles. The number of methoxy groups -OCH3 is 1. The molecule has 1 fully saturated rings. The minimum Gasteiger partial charge on any atom is -0.465 e. The summed E-state index contributed by atoms with van der Waals surface area (Å²) in [5.41, 5.74) is 1.47. The van der Waals surface area contributed by atoms with Crippen LogP contribution in [0.4, 0.5) is 0 Å². The van der Waals surface area contributed by atoms with Gasteiger partial charge in [0.1, 0.15) is 0 Å². The molecule has 0 bridgehead atoms. The first-order valence-electron chi connectivity index (χ1n) is 6.89. The Hall–Kier alpha value is -1.88. The van der Waals surface area contributed by atoms with Gasteiger partial charge in [-0.2, -0.15) is 0 Å². The Morgan fingerprint density at radius 1 is 1.30 bits per heavy atom. The minimum absolute atomic E-state index is 0.0433. The maximum Gasteiger partial charge on any atom is 0.337 e. The smallest absolute Gasteiger partial charge is 0.337 e. The van der Waals surface area contributed by atoms with Crippen molar-refractivity contribution in [3.8, 4) is 0 Å². The number of benzene rings is 1. The van der Waals surface area contributed by atoms with Crippen LogP contribution in [0.5, 0.6) is 0 Å². The molecule has 1 aliphatic heterocycles. The zero-order valence-corrected chi connectivity index (χ0v) is 11.6. The van der Waals surface area contributed by atoms with Gasteiger partial charge in [0.05, 0.1) is 18.7 Å². The van der Waals surface area contributed by atoms with E-state index in [1.165, 1.54) is 7.11 Å². The molecule has 5 heteroatoms. The van der Waals surface area contributed by atoms with E-state index in [0.29, 0.717) is 12.1 Å². The highest BCUT2D eigenvalue weighted by Gasteiger charge is 2.19. The summed E-state index contributed by atoms with van der Waals surface area (Å²) >= 11 is 0. The third-order valence-corrected chi connectivity index (χ3v) is 3.47. The Balaban J connectivity index is 1.84. The second kappa shape index (κ2) is 7.05. The molecule has 1 amide bonds. The molecule has 0 radical (unpaired) electrons. The summed E-state index contributed by atoms with van der Waals surface area (Å²) in [6, 6.07) is 6.97. The van der Waals surface area contributed by atoms with Gasteiger partial charge in [-0.25, -0.2) is 4.79 Å². The second-order valence-electron chi connectivity index (χ2n) is 4.91. The van der Waals surface area contributed by atoms with Crippen molar-refractivity contribution < 1.29 is 14.3 Å². The second-order valence-corrected chi connectivity index (χ2v) is 4.91. The molecule has 5 nitrogen and oxygen atoms in total. The van der Waals surface area contributed by atoms with E-state index in [1.54, 1.807) is 12.1 Å². The standard InChI is InChI=1S/C15H20N2O3/c1-20-15(19)12-7-5-11(6-8-12)10-17-14(18)13-4-2-3-9-16-13/h5-8,13,16H,2-4,9-10H2,1H3,(H,17,18)/t13-/m1/s1. The van der Waals surface area contributed by atoms with Gasteiger partial charge in [0.25, 0.3) is 0 Å². The number of ether oxygens (including phenoxy) is 1. The highest BCUT2D eigenvalue weighted by atomic mass is 16.5. The fraction of sp³-hybridized carbons (Fsp3) is 0.467. The molecule has 0 saturated carbocycles. The normalized spacial score (nSPS) is 18.4. The highest BCUT2D eigenvalue weighted by molar-refractivity contribution is 5.89. The molecule has 1 aromatic rings. The van der Waals surface area contributed by atoms with E-state index >= 15 is 0 Å². The molecule has 2 N–H and O–H groups in total. The topological polar surface area (TPSA) is 67.4 Å². The molecule has 1 atom stereocenters. The molecule has 0 spiro atoms. The number of amides is 1. The van der Waals surface area contributed by atoms with Crippen molar-refractivity contribution in [1.29, 1.82) is 0 Å². The van der Waals surface area contributed by atoms with E-state index in [-0.39, 0.29) is 17.9 Å². The van der Waals surface area contributed by atoms with E-state index in [1.807, 2.05) is 12.1 Å². The van der Waals surface area contributed by atoms with Crippen LogP contribution in [0.15, 0.2) is 24.3 Å². The fourth-order valence-corrected chi connectivity index (χ4v) is 2.26. The van der Waals surface area contributed by atoms with Crippen LogP contribution >= 0.6 is 0 Å². The van der Waals surface area contributed by atoms with Gasteiger partial charge >= 0.3 is 5.97 Å². The summed E-state index contributed by atoms with van der Waals surface area (Å²) < 4.78 is 4.64. The third-order valence-electron chi connectivity index (χ3n) is 3.47. The zero-order chi connectivity index (χ0) is 14.4. The maximum absolute atomic E-state index is 11.9. The average molecular weight is 276 g/mol. The van der Waals surface area contributed by atoms with Crippen LogP contribution in [0.2, 0.25) is 0 Å². The Morgan fingerprint density at radius 2 is 2.05 bits per heavy atom. The molecular weight excluding hydrogens is 256 g/mol. The van der Waals surface area contributed by atoms with E-state index in [9.17, 15) is 9.59 Å². The summed E-state index contributed by atoms with van der Waals surface area (Å²) in [7, 11) is 1.35. The summed E-state index contributed by atoms with van der Waals surface area (Å²) in [5.74, 6) is -0.311. The van der Waals surface area contributed by atoms with Crippen LogP contribution in [0, 0.1) is 0 Å². The summed E-state index contributed by atoms with van der Waals surface area (Å²) in [6.07, 6.45) is 3.13. The fourth-order valence-electron chi connectivity index (χ4n) is 2.26. The largest absolute Gasteiger partial charge is 0.465 e. The lowest BCUT2D eigenvalue weighted by molar-refractivity contribution is -0.123. The van der Waals surface area contributed by atoms with Crippen molar-refractivity contribution in [3.63, 3.8) is 0 Å². The van der Waals surface area contributed by atoms with Crippen molar-refractivity contribution in [3.05, 3.63) is 35.4 Å². The van der Waals surface area contributed by atoms with E-state index in [4.69, 9.17) is 0 Å². The molecule has 2 rings (SSSR count). The molecule has 1 aromatic carbocycles. The summed E-state index contributed by atoms with van der Waals surface area (Å²) in [6.45, 7) is 1.38. The van der Waals surface area contributed by atoms with Crippen molar-refractivity contribution in [1.82, 2.24) is 10.6 Å². The molecule has 20 heavy (non-hydrogen) atoms. The van der Waals surface area contributed by atoms with Gasteiger partial charge in [-0.05, 0) is 37.1 Å². The molecule has 0 unspecified atom stereocenters. The monoisotopic (exact) mass is 276 g/mol. The van der Waals surface area contributed by atoms with Crippen LogP contribution in [-0.2, 0) is 16.1 Å². The Labute approximate surface area is 118 Å². The lowest BCUT2D eigenvalue weighted by Crippen LogP contribution is -2.46. The molecule has 0 aromatic heterocycles. The minimum atomic E-state index is -0.355. The van der Waals surface area contributed by atoms with E-state index in [2.05, 4.69) is 15.4 Å². The lowest BCUT2D eigenvalue weighted by atomic mass is 10.0. The predicted molar refractivity (Wildman–Crippen MR) is 75.3 cm³/mol. The van der Waals surface area contributed by atoms with Crippen molar-refractivity contribution in [2.75, 3.05) is 13.7 Å². The molecule has 1 heterocycles. The van der Waals surface area contributed by atoms with Crippen molar-refractivity contribution >= 4 is 11.9 Å². The van der Waals surface area contributed by atoms with Gasteiger partial charge in [0.2, 0.25) is 5.91 Å². The Bertz CT molecular complexity index is 465. The molecule has 1 aliphatic rings. The van der Waals surface area contributed by atoms with Crippen molar-refractivity contribution in [2.24, 2.45) is 0 Å². The first-order chi connectivity index (χ1) is 9.70. The lowest BCUT2D eigenvalue weighted by Gasteiger charge is -2.22. The number of hydrogen-bond acceptors (Lipinski definition) is 4. The Kier molecular flexibility index (Phi) is 5.12. The quantitative estimate of drug-likeness (QED) is 0.812. The van der Waals surface area contributed by atoms with Crippen LogP contribution in [0.3, 0.4) is 0 Å².